The van der Waals surface area contributed by atoms with Crippen molar-refractivity contribution in [2.45, 2.75) is 39.3 Å². The highest BCUT2D eigenvalue weighted by molar-refractivity contribution is 6.23. The molecule has 1 aromatic heterocycles. The van der Waals surface area contributed by atoms with Gasteiger partial charge in [0.25, 0.3) is 0 Å². The summed E-state index contributed by atoms with van der Waals surface area (Å²) >= 11 is 0. The minimum Gasteiger partial charge on any atom is -0.510 e. The number of imidazole rings is 1. The molecule has 1 saturated heterocycles. The Hall–Kier alpha value is -3.12. The molecule has 1 fully saturated rings. The van der Waals surface area contributed by atoms with Gasteiger partial charge in [-0.25, -0.2) is 4.98 Å². The summed E-state index contributed by atoms with van der Waals surface area (Å²) in [5.41, 5.74) is 6.09. The molecule has 0 atom stereocenters. The van der Waals surface area contributed by atoms with Crippen LogP contribution < -0.4 is 0 Å². The number of aliphatic hydroxyl groups is 1. The van der Waals surface area contributed by atoms with Gasteiger partial charge in [0.15, 0.2) is 0 Å². The Labute approximate surface area is 182 Å². The molecule has 5 rings (SSSR count). The van der Waals surface area contributed by atoms with Crippen molar-refractivity contribution in [1.82, 2.24) is 19.8 Å². The number of H-pyrrole nitrogens is 1. The fourth-order valence-corrected chi connectivity index (χ4v) is 4.78. The van der Waals surface area contributed by atoms with Crippen LogP contribution >= 0.6 is 0 Å². The Bertz CT molecular complexity index is 1120. The first-order valence-corrected chi connectivity index (χ1v) is 11.0. The van der Waals surface area contributed by atoms with Crippen LogP contribution in [-0.4, -0.2) is 56.4 Å². The molecule has 0 spiro atoms. The Balaban J connectivity index is 1.28. The first-order valence-electron chi connectivity index (χ1n) is 11.0. The third-order valence-corrected chi connectivity index (χ3v) is 6.71. The number of nitrogens with one attached hydrogen (secondary N) is 2. The average molecular weight is 416 g/mol. The smallest absolute Gasteiger partial charge is 0.145 e. The summed E-state index contributed by atoms with van der Waals surface area (Å²) in [7, 11) is 0. The molecule has 2 aliphatic heterocycles. The number of aliphatic hydroxyl groups excluding tert-OH is 1. The minimum atomic E-state index is 0.240. The van der Waals surface area contributed by atoms with E-state index in [4.69, 9.17) is 5.41 Å². The van der Waals surface area contributed by atoms with E-state index >= 15 is 0 Å². The Kier molecular flexibility index (Phi) is 5.02. The number of amidine groups is 1. The van der Waals surface area contributed by atoms with Crippen LogP contribution in [0.1, 0.15) is 35.4 Å². The molecule has 3 N–H and O–H groups in total. The van der Waals surface area contributed by atoms with Gasteiger partial charge in [0.2, 0.25) is 0 Å². The predicted molar refractivity (Wildman–Crippen MR) is 124 cm³/mol. The van der Waals surface area contributed by atoms with Crippen LogP contribution in [-0.2, 0) is 6.54 Å². The van der Waals surface area contributed by atoms with E-state index in [1.54, 1.807) is 0 Å². The van der Waals surface area contributed by atoms with Gasteiger partial charge >= 0.3 is 0 Å². The van der Waals surface area contributed by atoms with Gasteiger partial charge < -0.3 is 15.0 Å². The topological polar surface area (TPSA) is 79.2 Å². The predicted octanol–water partition coefficient (Wildman–Crippen LogP) is 4.41. The van der Waals surface area contributed by atoms with E-state index in [2.05, 4.69) is 71.2 Å². The first-order chi connectivity index (χ1) is 15.0. The summed E-state index contributed by atoms with van der Waals surface area (Å²) in [6.45, 7) is 7.52. The van der Waals surface area contributed by atoms with Crippen LogP contribution in [0.15, 0.2) is 48.2 Å². The molecule has 6 nitrogen and oxygen atoms in total. The monoisotopic (exact) mass is 415 g/mol. The van der Waals surface area contributed by atoms with E-state index < -0.39 is 0 Å². The van der Waals surface area contributed by atoms with Crippen molar-refractivity contribution < 1.29 is 5.11 Å². The highest BCUT2D eigenvalue weighted by atomic mass is 16.3. The van der Waals surface area contributed by atoms with E-state index in [-0.39, 0.29) is 11.8 Å². The Morgan fingerprint density at radius 2 is 1.81 bits per heavy atom. The summed E-state index contributed by atoms with van der Waals surface area (Å²) < 4.78 is 0. The van der Waals surface area contributed by atoms with Gasteiger partial charge in [-0.15, -0.1) is 0 Å². The number of piperidine rings is 1. The second-order valence-electron chi connectivity index (χ2n) is 8.83. The number of fused-ring (bicyclic) bond motifs is 1. The van der Waals surface area contributed by atoms with Crippen molar-refractivity contribution in [3.63, 3.8) is 0 Å². The molecule has 0 saturated carbocycles. The van der Waals surface area contributed by atoms with Crippen LogP contribution in [0.5, 0.6) is 0 Å². The highest BCUT2D eigenvalue weighted by Crippen LogP contribution is 2.31. The summed E-state index contributed by atoms with van der Waals surface area (Å²) in [5.74, 6) is 1.21. The zero-order valence-corrected chi connectivity index (χ0v) is 18.2. The maximum absolute atomic E-state index is 10.7. The third kappa shape index (κ3) is 3.72. The van der Waals surface area contributed by atoms with Crippen LogP contribution in [0.25, 0.3) is 16.6 Å². The van der Waals surface area contributed by atoms with Gasteiger partial charge in [0, 0.05) is 25.7 Å². The molecule has 3 heterocycles. The van der Waals surface area contributed by atoms with Gasteiger partial charge in [-0.1, -0.05) is 30.3 Å². The van der Waals surface area contributed by atoms with Crippen LogP contribution in [0.3, 0.4) is 0 Å². The molecule has 0 aliphatic carbocycles. The van der Waals surface area contributed by atoms with Gasteiger partial charge in [-0.05, 0) is 55.5 Å². The molecular formula is C25H29N5O. The molecule has 0 unspecified atom stereocenters. The van der Waals surface area contributed by atoms with Gasteiger partial charge in [-0.2, -0.15) is 0 Å². The number of nitrogens with zero attached hydrogens (tertiary/aromatic N) is 3. The Morgan fingerprint density at radius 1 is 1.10 bits per heavy atom. The van der Waals surface area contributed by atoms with Crippen LogP contribution in [0, 0.1) is 19.3 Å². The number of aryl methyl sites for hydroxylation is 2. The Morgan fingerprint density at radius 3 is 2.55 bits per heavy atom. The quantitative estimate of drug-likeness (QED) is 0.590. The number of rotatable bonds is 4. The summed E-state index contributed by atoms with van der Waals surface area (Å²) in [5, 5.41) is 19.5. The zero-order valence-electron chi connectivity index (χ0n) is 18.2. The molecule has 0 amide bonds. The fraction of sp³-hybridized carbons (Fsp3) is 0.360. The van der Waals surface area contributed by atoms with Crippen LogP contribution in [0.2, 0.25) is 0 Å². The number of aromatic nitrogens is 2. The lowest BCUT2D eigenvalue weighted by molar-refractivity contribution is 0.149. The van der Waals surface area contributed by atoms with E-state index in [0.717, 1.165) is 43.5 Å². The fourth-order valence-electron chi connectivity index (χ4n) is 4.78. The summed E-state index contributed by atoms with van der Waals surface area (Å²) in [4.78, 5) is 12.5. The number of aromatic amines is 1. The van der Waals surface area contributed by atoms with E-state index in [0.29, 0.717) is 23.8 Å². The summed E-state index contributed by atoms with van der Waals surface area (Å²) in [6, 6.07) is 15.0. The molecule has 6 heteroatoms. The highest BCUT2D eigenvalue weighted by Gasteiger charge is 2.36. The molecule has 2 aliphatic rings. The van der Waals surface area contributed by atoms with Crippen molar-refractivity contribution in [2.24, 2.45) is 0 Å². The van der Waals surface area contributed by atoms with Gasteiger partial charge in [-0.3, -0.25) is 10.3 Å². The lowest BCUT2D eigenvalue weighted by Gasteiger charge is -2.37. The normalized spacial score (nSPS) is 18.5. The summed E-state index contributed by atoms with van der Waals surface area (Å²) in [6.07, 6.45) is 1.99. The molecule has 2 aromatic carbocycles. The van der Waals surface area contributed by atoms with Crippen molar-refractivity contribution in [3.05, 3.63) is 70.7 Å². The average Bonchev–Trinajstić information content (AvgIpc) is 3.29. The number of hydrogen-bond acceptors (Lipinski definition) is 4. The molecule has 31 heavy (non-hydrogen) atoms. The van der Waals surface area contributed by atoms with Crippen molar-refractivity contribution >= 4 is 22.4 Å². The molecule has 0 bridgehead atoms. The number of hydrogen-bond donors (Lipinski definition) is 3. The zero-order chi connectivity index (χ0) is 21.5. The standard InChI is InChI=1S/C25H29N5O/c1-16-12-20-21(13-17(16)2)28-25(27-20)23-22(31)15-30(24(23)26)19-8-10-29(11-9-19)14-18-6-4-3-5-7-18/h3-7,12-13,19,26,31H,8-11,14-15H2,1-2H3,(H,27,28). The molecule has 3 aromatic rings. The number of likely N-dealkylation sites (tertiary alicyclic amines) is 1. The van der Waals surface area contributed by atoms with Gasteiger partial charge in [0.05, 0.1) is 23.2 Å². The van der Waals surface area contributed by atoms with Crippen molar-refractivity contribution in [1.29, 1.82) is 5.41 Å². The minimum absolute atomic E-state index is 0.240. The van der Waals surface area contributed by atoms with Gasteiger partial charge in [0.1, 0.15) is 17.4 Å². The first kappa shape index (κ1) is 19.8. The second kappa shape index (κ2) is 7.85. The lowest BCUT2D eigenvalue weighted by atomic mass is 10.0. The lowest BCUT2D eigenvalue weighted by Crippen LogP contribution is -2.45. The maximum Gasteiger partial charge on any atom is 0.145 e. The second-order valence-corrected chi connectivity index (χ2v) is 8.83. The number of benzene rings is 2. The largest absolute Gasteiger partial charge is 0.510 e. The van der Waals surface area contributed by atoms with Crippen LogP contribution in [0.4, 0.5) is 0 Å². The molecule has 160 valence electrons. The molecule has 0 radical (unpaired) electrons. The van der Waals surface area contributed by atoms with E-state index in [9.17, 15) is 5.11 Å². The maximum atomic E-state index is 10.7. The van der Waals surface area contributed by atoms with E-state index in [1.165, 1.54) is 16.7 Å². The third-order valence-electron chi connectivity index (χ3n) is 6.71. The molecular weight excluding hydrogens is 386 g/mol. The van der Waals surface area contributed by atoms with Crippen molar-refractivity contribution in [3.8, 4) is 0 Å². The SMILES string of the molecule is Cc1cc2nc(C3=C(O)CN(C4CCN(Cc5ccccc5)CC4)C3=N)[nH]c2cc1C. The van der Waals surface area contributed by atoms with E-state index in [1.807, 2.05) is 4.90 Å². The van der Waals surface area contributed by atoms with Crippen molar-refractivity contribution in [2.75, 3.05) is 19.6 Å².